The van der Waals surface area contributed by atoms with Crippen LogP contribution < -0.4 is 5.32 Å². The number of rotatable bonds is 7. The lowest BCUT2D eigenvalue weighted by atomic mass is 10.4. The summed E-state index contributed by atoms with van der Waals surface area (Å²) in [5, 5.41) is 15.7. The van der Waals surface area contributed by atoms with Crippen molar-refractivity contribution in [1.29, 1.82) is 0 Å². The maximum atomic E-state index is 11.7. The van der Waals surface area contributed by atoms with Gasteiger partial charge in [0.15, 0.2) is 0 Å². The van der Waals surface area contributed by atoms with E-state index in [9.17, 15) is 9.59 Å². The van der Waals surface area contributed by atoms with Crippen LogP contribution in [-0.4, -0.2) is 37.9 Å². The van der Waals surface area contributed by atoms with Crippen LogP contribution in [0, 0.1) is 0 Å². The van der Waals surface area contributed by atoms with Crippen LogP contribution in [-0.2, 0) is 17.9 Å². The molecule has 106 valence electrons. The smallest absolute Gasteiger partial charge is 0.352 e. The highest BCUT2D eigenvalue weighted by atomic mass is 16.4. The molecule has 7 heteroatoms. The maximum Gasteiger partial charge on any atom is 0.352 e. The molecule has 0 spiro atoms. The summed E-state index contributed by atoms with van der Waals surface area (Å²) in [5.41, 5.74) is 0.108. The van der Waals surface area contributed by atoms with Crippen molar-refractivity contribution in [3.8, 4) is 0 Å². The van der Waals surface area contributed by atoms with Crippen molar-refractivity contribution in [2.45, 2.75) is 19.5 Å². The second-order valence-corrected chi connectivity index (χ2v) is 4.30. The van der Waals surface area contributed by atoms with Gasteiger partial charge in [0, 0.05) is 31.7 Å². The molecule has 1 amide bonds. The molecule has 0 aliphatic carbocycles. The van der Waals surface area contributed by atoms with Crippen LogP contribution in [0.15, 0.2) is 36.8 Å². The zero-order chi connectivity index (χ0) is 14.4. The Labute approximate surface area is 115 Å². The third-order valence-electron chi connectivity index (χ3n) is 2.81. The fraction of sp³-hybridized carbons (Fsp3) is 0.308. The van der Waals surface area contributed by atoms with Crippen molar-refractivity contribution >= 4 is 11.9 Å². The normalized spacial score (nSPS) is 10.4. The van der Waals surface area contributed by atoms with Gasteiger partial charge in [-0.15, -0.1) is 0 Å². The first-order chi connectivity index (χ1) is 9.66. The molecular weight excluding hydrogens is 260 g/mol. The number of carboxylic acid groups (broad SMARTS) is 1. The third-order valence-corrected chi connectivity index (χ3v) is 2.81. The zero-order valence-electron chi connectivity index (χ0n) is 10.9. The summed E-state index contributed by atoms with van der Waals surface area (Å²) < 4.78 is 3.20. The van der Waals surface area contributed by atoms with E-state index in [-0.39, 0.29) is 18.1 Å². The molecule has 2 rings (SSSR count). The molecule has 2 N–H and O–H groups in total. The highest BCUT2D eigenvalue weighted by Crippen LogP contribution is 2.01. The molecule has 2 aromatic heterocycles. The van der Waals surface area contributed by atoms with E-state index in [0.717, 1.165) is 13.0 Å². The Morgan fingerprint density at radius 3 is 2.85 bits per heavy atom. The summed E-state index contributed by atoms with van der Waals surface area (Å²) in [6, 6.07) is 4.92. The lowest BCUT2D eigenvalue weighted by Gasteiger charge is -2.08. The van der Waals surface area contributed by atoms with Crippen molar-refractivity contribution in [1.82, 2.24) is 19.7 Å². The number of carbonyl (C=O) groups is 2. The second-order valence-electron chi connectivity index (χ2n) is 4.30. The van der Waals surface area contributed by atoms with E-state index in [2.05, 4.69) is 10.4 Å². The molecular formula is C13H16N4O3. The van der Waals surface area contributed by atoms with Crippen LogP contribution in [0.4, 0.5) is 0 Å². The first-order valence-electron chi connectivity index (χ1n) is 6.29. The average molecular weight is 276 g/mol. The molecule has 0 unspecified atom stereocenters. The van der Waals surface area contributed by atoms with Crippen LogP contribution in [0.25, 0.3) is 0 Å². The van der Waals surface area contributed by atoms with E-state index < -0.39 is 5.97 Å². The molecule has 0 fully saturated rings. The fourth-order valence-electron chi connectivity index (χ4n) is 1.86. The Balaban J connectivity index is 1.72. The number of amides is 1. The fourth-order valence-corrected chi connectivity index (χ4v) is 1.86. The number of carboxylic acids is 1. The Morgan fingerprint density at radius 2 is 2.15 bits per heavy atom. The topological polar surface area (TPSA) is 89.1 Å². The van der Waals surface area contributed by atoms with Gasteiger partial charge in [-0.05, 0) is 24.6 Å². The minimum Gasteiger partial charge on any atom is -0.477 e. The van der Waals surface area contributed by atoms with Crippen LogP contribution in [0.1, 0.15) is 16.9 Å². The minimum absolute atomic E-state index is 0.0103. The maximum absolute atomic E-state index is 11.7. The van der Waals surface area contributed by atoms with Gasteiger partial charge in [-0.2, -0.15) is 5.10 Å². The number of aromatic carboxylic acids is 1. The van der Waals surface area contributed by atoms with Gasteiger partial charge in [0.25, 0.3) is 0 Å². The lowest BCUT2D eigenvalue weighted by molar-refractivity contribution is -0.121. The van der Waals surface area contributed by atoms with Crippen LogP contribution in [0.3, 0.4) is 0 Å². The number of carbonyl (C=O) groups excluding carboxylic acids is 1. The van der Waals surface area contributed by atoms with Crippen molar-refractivity contribution in [2.24, 2.45) is 0 Å². The van der Waals surface area contributed by atoms with Crippen LogP contribution in [0.2, 0.25) is 0 Å². The molecule has 0 saturated heterocycles. The van der Waals surface area contributed by atoms with Gasteiger partial charge < -0.3 is 15.0 Å². The number of aryl methyl sites for hydroxylation is 1. The van der Waals surface area contributed by atoms with Crippen molar-refractivity contribution in [3.05, 3.63) is 42.5 Å². The second kappa shape index (κ2) is 6.55. The Kier molecular flexibility index (Phi) is 4.54. The predicted octanol–water partition coefficient (Wildman–Crippen LogP) is 0.589. The molecule has 0 aliphatic rings. The van der Waals surface area contributed by atoms with E-state index in [1.807, 2.05) is 12.3 Å². The summed E-state index contributed by atoms with van der Waals surface area (Å²) in [6.07, 6.45) is 5.91. The first kappa shape index (κ1) is 13.9. The Hall–Kier alpha value is -2.57. The van der Waals surface area contributed by atoms with E-state index in [1.165, 1.54) is 10.6 Å². The van der Waals surface area contributed by atoms with E-state index in [4.69, 9.17) is 5.11 Å². The molecule has 7 nitrogen and oxygen atoms in total. The molecule has 0 radical (unpaired) electrons. The van der Waals surface area contributed by atoms with E-state index >= 15 is 0 Å². The summed E-state index contributed by atoms with van der Waals surface area (Å²) >= 11 is 0. The van der Waals surface area contributed by atoms with Crippen molar-refractivity contribution in [2.75, 3.05) is 6.54 Å². The number of hydrogen-bond acceptors (Lipinski definition) is 3. The number of nitrogens with zero attached hydrogens (tertiary/aromatic N) is 3. The van der Waals surface area contributed by atoms with Crippen molar-refractivity contribution in [3.63, 3.8) is 0 Å². The van der Waals surface area contributed by atoms with Gasteiger partial charge in [0.2, 0.25) is 5.91 Å². The van der Waals surface area contributed by atoms with Gasteiger partial charge in [-0.25, -0.2) is 4.79 Å². The Bertz CT molecular complexity index is 574. The van der Waals surface area contributed by atoms with Crippen LogP contribution in [0.5, 0.6) is 0 Å². The van der Waals surface area contributed by atoms with Crippen molar-refractivity contribution < 1.29 is 14.7 Å². The summed E-state index contributed by atoms with van der Waals surface area (Å²) in [5.74, 6) is -1.24. The highest BCUT2D eigenvalue weighted by molar-refractivity contribution is 5.86. The minimum atomic E-state index is -1.04. The van der Waals surface area contributed by atoms with E-state index in [1.54, 1.807) is 23.1 Å². The zero-order valence-corrected chi connectivity index (χ0v) is 10.9. The molecule has 0 saturated carbocycles. The van der Waals surface area contributed by atoms with Gasteiger partial charge >= 0.3 is 5.97 Å². The monoisotopic (exact) mass is 276 g/mol. The molecule has 0 bridgehead atoms. The Morgan fingerprint density at radius 1 is 1.30 bits per heavy atom. The summed E-state index contributed by atoms with van der Waals surface area (Å²) in [7, 11) is 0. The summed E-state index contributed by atoms with van der Waals surface area (Å²) in [6.45, 7) is 1.27. The molecule has 20 heavy (non-hydrogen) atoms. The lowest BCUT2D eigenvalue weighted by Crippen LogP contribution is -2.29. The number of nitrogens with one attached hydrogen (secondary N) is 1. The number of aromatic nitrogens is 3. The van der Waals surface area contributed by atoms with Gasteiger partial charge in [-0.1, -0.05) is 0 Å². The molecule has 0 aliphatic heterocycles. The molecule has 2 aromatic rings. The molecule has 2 heterocycles. The average Bonchev–Trinajstić information content (AvgIpc) is 3.05. The first-order valence-corrected chi connectivity index (χ1v) is 6.29. The van der Waals surface area contributed by atoms with Crippen LogP contribution >= 0.6 is 0 Å². The predicted molar refractivity (Wildman–Crippen MR) is 71.2 cm³/mol. The third kappa shape index (κ3) is 3.71. The van der Waals surface area contributed by atoms with Gasteiger partial charge in [0.1, 0.15) is 12.2 Å². The van der Waals surface area contributed by atoms with Gasteiger partial charge in [0.05, 0.1) is 0 Å². The largest absolute Gasteiger partial charge is 0.477 e. The van der Waals surface area contributed by atoms with E-state index in [0.29, 0.717) is 6.54 Å². The quantitative estimate of drug-likeness (QED) is 0.724. The standard InChI is InChI=1S/C13H16N4O3/c18-12(10-16-7-1-4-11(16)13(19)20)14-5-2-8-17-9-3-6-15-17/h1,3-4,6-7,9H,2,5,8,10H2,(H,14,18)(H,19,20). The number of hydrogen-bond donors (Lipinski definition) is 2. The summed E-state index contributed by atoms with van der Waals surface area (Å²) in [4.78, 5) is 22.6. The van der Waals surface area contributed by atoms with Gasteiger partial charge in [-0.3, -0.25) is 9.48 Å². The highest BCUT2D eigenvalue weighted by Gasteiger charge is 2.11. The SMILES string of the molecule is O=C(Cn1cccc1C(=O)O)NCCCn1cccn1. The molecule has 0 aromatic carbocycles. The molecule has 0 atom stereocenters.